The first-order valence-corrected chi connectivity index (χ1v) is 3.89. The third-order valence-electron chi connectivity index (χ3n) is 1.76. The van der Waals surface area contributed by atoms with Gasteiger partial charge in [0.05, 0.1) is 6.04 Å². The van der Waals surface area contributed by atoms with E-state index in [1.807, 2.05) is 0 Å². The van der Waals surface area contributed by atoms with Gasteiger partial charge in [-0.2, -0.15) is 0 Å². The van der Waals surface area contributed by atoms with Crippen LogP contribution >= 0.6 is 12.4 Å². The summed E-state index contributed by atoms with van der Waals surface area (Å²) >= 11 is 0. The van der Waals surface area contributed by atoms with Crippen LogP contribution in [0, 0.1) is 5.82 Å². The SMILES string of the molecule is Cl.NC(=O)C(N)Cc1ccccc1F. The van der Waals surface area contributed by atoms with E-state index in [1.54, 1.807) is 18.2 Å². The molecule has 0 saturated heterocycles. The van der Waals surface area contributed by atoms with Gasteiger partial charge in [0.25, 0.3) is 0 Å². The highest BCUT2D eigenvalue weighted by atomic mass is 35.5. The number of primary amides is 1. The molecule has 0 fully saturated rings. The average molecular weight is 219 g/mol. The maximum absolute atomic E-state index is 13.0. The Bertz CT molecular complexity index is 319. The van der Waals surface area contributed by atoms with E-state index in [0.29, 0.717) is 5.56 Å². The normalized spacial score (nSPS) is 11.6. The van der Waals surface area contributed by atoms with Crippen molar-refractivity contribution in [2.75, 3.05) is 0 Å². The highest BCUT2D eigenvalue weighted by Crippen LogP contribution is 2.07. The minimum Gasteiger partial charge on any atom is -0.368 e. The fourth-order valence-corrected chi connectivity index (χ4v) is 1.00. The van der Waals surface area contributed by atoms with Crippen molar-refractivity contribution < 1.29 is 9.18 Å². The number of hydrogen-bond acceptors (Lipinski definition) is 2. The molecule has 0 spiro atoms. The Balaban J connectivity index is 0.00000169. The van der Waals surface area contributed by atoms with E-state index in [4.69, 9.17) is 11.5 Å². The van der Waals surface area contributed by atoms with Crippen LogP contribution in [0.5, 0.6) is 0 Å². The molecular formula is C9H12ClFN2O. The van der Waals surface area contributed by atoms with Gasteiger partial charge in [-0.15, -0.1) is 12.4 Å². The van der Waals surface area contributed by atoms with Crippen LogP contribution < -0.4 is 11.5 Å². The van der Waals surface area contributed by atoms with Crippen molar-refractivity contribution in [3.05, 3.63) is 35.6 Å². The molecule has 1 atom stereocenters. The minimum atomic E-state index is -0.822. The monoisotopic (exact) mass is 218 g/mol. The second-order valence-corrected chi connectivity index (χ2v) is 2.80. The minimum absolute atomic E-state index is 0. The Labute approximate surface area is 87.7 Å². The molecule has 0 saturated carbocycles. The molecule has 1 rings (SSSR count). The van der Waals surface area contributed by atoms with Crippen molar-refractivity contribution in [3.8, 4) is 0 Å². The number of carbonyl (C=O) groups is 1. The Morgan fingerprint density at radius 1 is 1.43 bits per heavy atom. The molecule has 1 aromatic carbocycles. The summed E-state index contributed by atoms with van der Waals surface area (Å²) in [7, 11) is 0. The van der Waals surface area contributed by atoms with Crippen LogP contribution in [0.3, 0.4) is 0 Å². The van der Waals surface area contributed by atoms with Gasteiger partial charge in [-0.05, 0) is 18.1 Å². The number of hydrogen-bond donors (Lipinski definition) is 2. The van der Waals surface area contributed by atoms with Crippen molar-refractivity contribution in [1.82, 2.24) is 0 Å². The van der Waals surface area contributed by atoms with Gasteiger partial charge < -0.3 is 11.5 Å². The number of benzene rings is 1. The topological polar surface area (TPSA) is 69.1 Å². The summed E-state index contributed by atoms with van der Waals surface area (Å²) in [5.74, 6) is -0.984. The van der Waals surface area contributed by atoms with Gasteiger partial charge in [-0.25, -0.2) is 4.39 Å². The fourth-order valence-electron chi connectivity index (χ4n) is 1.00. The Morgan fingerprint density at radius 2 is 2.00 bits per heavy atom. The molecule has 5 heteroatoms. The average Bonchev–Trinajstić information content (AvgIpc) is 2.08. The lowest BCUT2D eigenvalue weighted by atomic mass is 10.1. The maximum atomic E-state index is 13.0. The molecule has 78 valence electrons. The summed E-state index contributed by atoms with van der Waals surface area (Å²) in [5.41, 5.74) is 10.7. The van der Waals surface area contributed by atoms with Crippen LogP contribution in [0.2, 0.25) is 0 Å². The highest BCUT2D eigenvalue weighted by molar-refractivity contribution is 5.85. The molecule has 3 nitrogen and oxygen atoms in total. The molecule has 0 aliphatic heterocycles. The standard InChI is InChI=1S/C9H11FN2O.ClH/c10-7-4-2-1-3-6(7)5-8(11)9(12)13;/h1-4,8H,5,11H2,(H2,12,13);1H. The molecule has 0 heterocycles. The first-order chi connectivity index (χ1) is 6.11. The lowest BCUT2D eigenvalue weighted by molar-refractivity contribution is -0.119. The van der Waals surface area contributed by atoms with Crippen molar-refractivity contribution >= 4 is 18.3 Å². The third-order valence-corrected chi connectivity index (χ3v) is 1.76. The molecule has 0 bridgehead atoms. The van der Waals surface area contributed by atoms with Crippen LogP contribution in [0.15, 0.2) is 24.3 Å². The Hall–Kier alpha value is -1.13. The number of carbonyl (C=O) groups excluding carboxylic acids is 1. The lowest BCUT2D eigenvalue weighted by Crippen LogP contribution is -2.38. The van der Waals surface area contributed by atoms with Crippen LogP contribution in [0.4, 0.5) is 4.39 Å². The second-order valence-electron chi connectivity index (χ2n) is 2.80. The van der Waals surface area contributed by atoms with Gasteiger partial charge in [-0.1, -0.05) is 18.2 Å². The third kappa shape index (κ3) is 3.32. The largest absolute Gasteiger partial charge is 0.368 e. The first-order valence-electron chi connectivity index (χ1n) is 3.89. The zero-order valence-corrected chi connectivity index (χ0v) is 8.26. The summed E-state index contributed by atoms with van der Waals surface area (Å²) < 4.78 is 13.0. The zero-order valence-electron chi connectivity index (χ0n) is 7.44. The van der Waals surface area contributed by atoms with E-state index in [9.17, 15) is 9.18 Å². The second kappa shape index (κ2) is 5.57. The number of nitrogens with two attached hydrogens (primary N) is 2. The molecule has 0 radical (unpaired) electrons. The van der Waals surface area contributed by atoms with Crippen molar-refractivity contribution in [3.63, 3.8) is 0 Å². The van der Waals surface area contributed by atoms with Gasteiger partial charge in [0.2, 0.25) is 5.91 Å². The van der Waals surface area contributed by atoms with Crippen molar-refractivity contribution in [2.45, 2.75) is 12.5 Å². The Kier molecular flexibility index (Phi) is 5.12. The van der Waals surface area contributed by atoms with Crippen LogP contribution in [-0.2, 0) is 11.2 Å². The predicted molar refractivity (Wildman–Crippen MR) is 54.5 cm³/mol. The molecule has 1 aromatic rings. The van der Waals surface area contributed by atoms with Crippen LogP contribution in [0.1, 0.15) is 5.56 Å². The summed E-state index contributed by atoms with van der Waals surface area (Å²) in [6.45, 7) is 0. The van der Waals surface area contributed by atoms with E-state index in [1.165, 1.54) is 6.07 Å². The molecule has 1 amide bonds. The molecule has 0 aliphatic rings. The Morgan fingerprint density at radius 3 is 2.50 bits per heavy atom. The fraction of sp³-hybridized carbons (Fsp3) is 0.222. The van der Waals surface area contributed by atoms with E-state index in [0.717, 1.165) is 0 Å². The maximum Gasteiger partial charge on any atom is 0.234 e. The van der Waals surface area contributed by atoms with Gasteiger partial charge in [-0.3, -0.25) is 4.79 Å². The van der Waals surface area contributed by atoms with Gasteiger partial charge in [0, 0.05) is 0 Å². The van der Waals surface area contributed by atoms with Crippen LogP contribution in [0.25, 0.3) is 0 Å². The molecule has 4 N–H and O–H groups in total. The lowest BCUT2D eigenvalue weighted by Gasteiger charge is -2.07. The highest BCUT2D eigenvalue weighted by Gasteiger charge is 2.11. The first kappa shape index (κ1) is 12.9. The number of amides is 1. The smallest absolute Gasteiger partial charge is 0.234 e. The molecular weight excluding hydrogens is 207 g/mol. The zero-order chi connectivity index (χ0) is 9.84. The quantitative estimate of drug-likeness (QED) is 0.780. The van der Waals surface area contributed by atoms with Crippen molar-refractivity contribution in [1.29, 1.82) is 0 Å². The molecule has 14 heavy (non-hydrogen) atoms. The van der Waals surface area contributed by atoms with E-state index in [-0.39, 0.29) is 24.6 Å². The van der Waals surface area contributed by atoms with Crippen LogP contribution in [-0.4, -0.2) is 11.9 Å². The summed E-state index contributed by atoms with van der Waals surface area (Å²) in [6.07, 6.45) is 0.141. The van der Waals surface area contributed by atoms with Gasteiger partial charge in [0.1, 0.15) is 5.82 Å². The molecule has 0 aliphatic carbocycles. The molecule has 1 unspecified atom stereocenters. The van der Waals surface area contributed by atoms with Gasteiger partial charge >= 0.3 is 0 Å². The van der Waals surface area contributed by atoms with Gasteiger partial charge in [0.15, 0.2) is 0 Å². The predicted octanol–water partition coefficient (Wildman–Crippen LogP) is 0.603. The summed E-state index contributed by atoms with van der Waals surface area (Å²) in [6, 6.07) is 5.35. The van der Waals surface area contributed by atoms with E-state index in [2.05, 4.69) is 0 Å². The summed E-state index contributed by atoms with van der Waals surface area (Å²) in [4.78, 5) is 10.6. The number of halogens is 2. The van der Waals surface area contributed by atoms with E-state index >= 15 is 0 Å². The number of rotatable bonds is 3. The summed E-state index contributed by atoms with van der Waals surface area (Å²) in [5, 5.41) is 0. The van der Waals surface area contributed by atoms with Crippen molar-refractivity contribution in [2.24, 2.45) is 11.5 Å². The van der Waals surface area contributed by atoms with E-state index < -0.39 is 11.9 Å². The molecule has 0 aromatic heterocycles.